The third-order valence-electron chi connectivity index (χ3n) is 3.50. The topological polar surface area (TPSA) is 61.6 Å². The van der Waals surface area contributed by atoms with Crippen LogP contribution in [0.5, 0.6) is 5.75 Å². The lowest BCUT2D eigenvalue weighted by molar-refractivity contribution is -0.386. The molecule has 0 radical (unpaired) electrons. The highest BCUT2D eigenvalue weighted by Gasteiger charge is 2.33. The molecule has 1 heterocycles. The third-order valence-corrected chi connectivity index (χ3v) is 4.99. The van der Waals surface area contributed by atoms with Gasteiger partial charge in [0.05, 0.1) is 16.6 Å². The van der Waals surface area contributed by atoms with Crippen LogP contribution in [0.3, 0.4) is 0 Å². The second-order valence-electron chi connectivity index (χ2n) is 4.88. The predicted octanol–water partition coefficient (Wildman–Crippen LogP) is 3.82. The molecule has 20 heavy (non-hydrogen) atoms. The smallest absolute Gasteiger partial charge is 0.312 e. The minimum atomic E-state index is -0.480. The molecule has 0 bridgehead atoms. The molecule has 2 rings (SSSR count). The molecule has 110 valence electrons. The molecule has 1 saturated heterocycles. The molecule has 0 amide bonds. The number of nitro benzene ring substituents is 1. The van der Waals surface area contributed by atoms with Crippen molar-refractivity contribution in [2.75, 3.05) is 25.2 Å². The Bertz CT molecular complexity index is 491. The fourth-order valence-electron chi connectivity index (χ4n) is 2.13. The average molecular weight is 365 g/mol. The van der Waals surface area contributed by atoms with Gasteiger partial charge in [0.2, 0.25) is 5.75 Å². The number of hydrogen-bond donors (Lipinski definition) is 0. The first-order chi connectivity index (χ1) is 9.58. The Kier molecular flexibility index (Phi) is 5.23. The van der Waals surface area contributed by atoms with Crippen molar-refractivity contribution in [3.63, 3.8) is 0 Å². The molecule has 0 spiro atoms. The molecule has 7 heteroatoms. The Morgan fingerprint density at radius 3 is 2.75 bits per heavy atom. The maximum atomic E-state index is 11.0. The van der Waals surface area contributed by atoms with Crippen molar-refractivity contribution >= 4 is 33.2 Å². The number of nitrogens with zero attached hydrogens (tertiary/aromatic N) is 1. The van der Waals surface area contributed by atoms with E-state index < -0.39 is 4.92 Å². The van der Waals surface area contributed by atoms with E-state index in [0.717, 1.165) is 18.2 Å². The predicted molar refractivity (Wildman–Crippen MR) is 79.9 cm³/mol. The molecule has 0 N–H and O–H groups in total. The molecule has 1 aliphatic heterocycles. The highest BCUT2D eigenvalue weighted by molar-refractivity contribution is 9.09. The van der Waals surface area contributed by atoms with Crippen LogP contribution in [0.2, 0.25) is 5.02 Å². The zero-order valence-corrected chi connectivity index (χ0v) is 13.2. The Morgan fingerprint density at radius 1 is 1.45 bits per heavy atom. The molecule has 0 aliphatic carbocycles. The average Bonchev–Trinajstić information content (AvgIpc) is 2.46. The summed E-state index contributed by atoms with van der Waals surface area (Å²) in [5, 5.41) is 12.0. The van der Waals surface area contributed by atoms with Crippen molar-refractivity contribution in [1.82, 2.24) is 0 Å². The number of nitro groups is 1. The van der Waals surface area contributed by atoms with E-state index in [1.165, 1.54) is 6.07 Å². The van der Waals surface area contributed by atoms with E-state index in [1.54, 1.807) is 12.1 Å². The van der Waals surface area contributed by atoms with Crippen molar-refractivity contribution in [2.24, 2.45) is 5.41 Å². The Labute approximate surface area is 130 Å². The van der Waals surface area contributed by atoms with E-state index in [0.29, 0.717) is 19.8 Å². The lowest BCUT2D eigenvalue weighted by Gasteiger charge is -2.35. The lowest BCUT2D eigenvalue weighted by Crippen LogP contribution is -2.36. The largest absolute Gasteiger partial charge is 0.485 e. The maximum Gasteiger partial charge on any atom is 0.312 e. The molecule has 1 aliphatic rings. The number of rotatable bonds is 5. The number of ether oxygens (including phenoxy) is 2. The van der Waals surface area contributed by atoms with Crippen LogP contribution >= 0.6 is 27.5 Å². The summed E-state index contributed by atoms with van der Waals surface area (Å²) >= 11 is 9.52. The van der Waals surface area contributed by atoms with E-state index in [1.807, 2.05) is 0 Å². The number of halogens is 2. The first-order valence-electron chi connectivity index (χ1n) is 6.27. The van der Waals surface area contributed by atoms with Gasteiger partial charge in [0.25, 0.3) is 0 Å². The summed E-state index contributed by atoms with van der Waals surface area (Å²) in [5.41, 5.74) is -0.167. The van der Waals surface area contributed by atoms with E-state index >= 15 is 0 Å². The van der Waals surface area contributed by atoms with Gasteiger partial charge < -0.3 is 9.47 Å². The van der Waals surface area contributed by atoms with Gasteiger partial charge in [0.1, 0.15) is 0 Å². The first-order valence-corrected chi connectivity index (χ1v) is 7.77. The summed E-state index contributed by atoms with van der Waals surface area (Å²) in [6, 6.07) is 4.53. The summed E-state index contributed by atoms with van der Waals surface area (Å²) in [5.74, 6) is 0.144. The fourth-order valence-corrected chi connectivity index (χ4v) is 3.08. The van der Waals surface area contributed by atoms with Gasteiger partial charge >= 0.3 is 5.69 Å². The Morgan fingerprint density at radius 2 is 2.15 bits per heavy atom. The van der Waals surface area contributed by atoms with Crippen LogP contribution in [0.1, 0.15) is 12.8 Å². The SMILES string of the molecule is O=[N+]([O-])c1cccc(Cl)c1OCC1(CBr)CCOCC1. The van der Waals surface area contributed by atoms with Crippen LogP contribution < -0.4 is 4.74 Å². The van der Waals surface area contributed by atoms with Gasteiger partial charge in [0.15, 0.2) is 0 Å². The molecule has 0 saturated carbocycles. The molecule has 0 atom stereocenters. The zero-order valence-electron chi connectivity index (χ0n) is 10.8. The molecular formula is C13H15BrClNO4. The van der Waals surface area contributed by atoms with Gasteiger partial charge in [-0.15, -0.1) is 0 Å². The van der Waals surface area contributed by atoms with Crippen LogP contribution in [-0.4, -0.2) is 30.1 Å². The lowest BCUT2D eigenvalue weighted by atomic mass is 9.83. The standard InChI is InChI=1S/C13H15BrClNO4/c14-8-13(4-6-19-7-5-13)9-20-12-10(15)2-1-3-11(12)16(17)18/h1-3H,4-9H2. The van der Waals surface area contributed by atoms with Gasteiger partial charge in [0, 0.05) is 30.0 Å². The zero-order chi connectivity index (χ0) is 14.6. The van der Waals surface area contributed by atoms with Gasteiger partial charge in [-0.05, 0) is 18.9 Å². The normalized spacial score (nSPS) is 17.7. The van der Waals surface area contributed by atoms with E-state index in [4.69, 9.17) is 21.1 Å². The monoisotopic (exact) mass is 363 g/mol. The maximum absolute atomic E-state index is 11.0. The fraction of sp³-hybridized carbons (Fsp3) is 0.538. The Hall–Kier alpha value is -0.850. The van der Waals surface area contributed by atoms with E-state index in [9.17, 15) is 10.1 Å². The highest BCUT2D eigenvalue weighted by atomic mass is 79.9. The van der Waals surface area contributed by atoms with Gasteiger partial charge in [-0.3, -0.25) is 10.1 Å². The molecule has 1 fully saturated rings. The summed E-state index contributed by atoms with van der Waals surface area (Å²) in [6.07, 6.45) is 1.72. The van der Waals surface area contributed by atoms with E-state index in [-0.39, 0.29) is 21.9 Å². The highest BCUT2D eigenvalue weighted by Crippen LogP contribution is 2.38. The van der Waals surface area contributed by atoms with Gasteiger partial charge in [-0.2, -0.15) is 0 Å². The first kappa shape index (κ1) is 15.5. The molecule has 1 aromatic rings. The van der Waals surface area contributed by atoms with Gasteiger partial charge in [-0.1, -0.05) is 33.6 Å². The second kappa shape index (κ2) is 6.74. The summed E-state index contributed by atoms with van der Waals surface area (Å²) in [7, 11) is 0. The molecule has 0 unspecified atom stereocenters. The van der Waals surface area contributed by atoms with Crippen molar-refractivity contribution in [2.45, 2.75) is 12.8 Å². The van der Waals surface area contributed by atoms with Crippen molar-refractivity contribution < 1.29 is 14.4 Å². The number of alkyl halides is 1. The van der Waals surface area contributed by atoms with Crippen LogP contribution in [0.25, 0.3) is 0 Å². The van der Waals surface area contributed by atoms with Crippen LogP contribution in [0, 0.1) is 15.5 Å². The minimum Gasteiger partial charge on any atom is -0.485 e. The number of hydrogen-bond acceptors (Lipinski definition) is 4. The molecule has 0 aromatic heterocycles. The van der Waals surface area contributed by atoms with Crippen molar-refractivity contribution in [3.05, 3.63) is 33.3 Å². The van der Waals surface area contributed by atoms with Crippen LogP contribution in [-0.2, 0) is 4.74 Å². The molecule has 1 aromatic carbocycles. The van der Waals surface area contributed by atoms with Crippen molar-refractivity contribution in [3.8, 4) is 5.75 Å². The van der Waals surface area contributed by atoms with Crippen LogP contribution in [0.15, 0.2) is 18.2 Å². The minimum absolute atomic E-state index is 0.0642. The Balaban J connectivity index is 2.15. The third kappa shape index (κ3) is 3.42. The summed E-state index contributed by atoms with van der Waals surface area (Å²) in [4.78, 5) is 10.5. The second-order valence-corrected chi connectivity index (χ2v) is 5.85. The quantitative estimate of drug-likeness (QED) is 0.453. The van der Waals surface area contributed by atoms with E-state index in [2.05, 4.69) is 15.9 Å². The summed E-state index contributed by atoms with van der Waals surface area (Å²) < 4.78 is 11.1. The van der Waals surface area contributed by atoms with Crippen molar-refractivity contribution in [1.29, 1.82) is 0 Å². The molecular weight excluding hydrogens is 350 g/mol. The molecule has 5 nitrogen and oxygen atoms in total. The van der Waals surface area contributed by atoms with Crippen LogP contribution in [0.4, 0.5) is 5.69 Å². The summed E-state index contributed by atoms with van der Waals surface area (Å²) in [6.45, 7) is 1.74. The number of benzene rings is 1. The van der Waals surface area contributed by atoms with Gasteiger partial charge in [-0.25, -0.2) is 0 Å². The number of para-hydroxylation sites is 1.